The van der Waals surface area contributed by atoms with Crippen molar-refractivity contribution in [3.8, 4) is 0 Å². The topological polar surface area (TPSA) is 55.2 Å². The minimum atomic E-state index is -0.344. The first kappa shape index (κ1) is 11.7. The van der Waals surface area contributed by atoms with Crippen molar-refractivity contribution in [2.24, 2.45) is 0 Å². The molecule has 2 aromatic carbocycles. The number of nitro groups is 1. The molecule has 1 atom stereocenters. The van der Waals surface area contributed by atoms with Crippen molar-refractivity contribution in [2.45, 2.75) is 18.9 Å². The van der Waals surface area contributed by atoms with Crippen LogP contribution in [0.15, 0.2) is 48.5 Å². The molecule has 0 saturated heterocycles. The Morgan fingerprint density at radius 1 is 1.11 bits per heavy atom. The Bertz CT molecular complexity index is 625. The van der Waals surface area contributed by atoms with Crippen LogP contribution in [0.25, 0.3) is 0 Å². The van der Waals surface area contributed by atoms with Gasteiger partial charge in [0.15, 0.2) is 0 Å². The van der Waals surface area contributed by atoms with Crippen LogP contribution in [0.4, 0.5) is 11.4 Å². The highest BCUT2D eigenvalue weighted by Crippen LogP contribution is 2.35. The number of hydrogen-bond donors (Lipinski definition) is 1. The molecule has 0 aromatic heterocycles. The van der Waals surface area contributed by atoms with Gasteiger partial charge in [0.1, 0.15) is 5.69 Å². The van der Waals surface area contributed by atoms with Gasteiger partial charge in [-0.25, -0.2) is 0 Å². The molecule has 4 nitrogen and oxygen atoms in total. The number of fused-ring (bicyclic) bond motifs is 1. The predicted octanol–water partition coefficient (Wildman–Crippen LogP) is 3.69. The first-order chi connectivity index (χ1) is 9.25. The van der Waals surface area contributed by atoms with E-state index in [1.165, 1.54) is 17.2 Å². The van der Waals surface area contributed by atoms with Crippen molar-refractivity contribution in [2.75, 3.05) is 5.32 Å². The first-order valence-corrected chi connectivity index (χ1v) is 6.33. The van der Waals surface area contributed by atoms with Gasteiger partial charge in [-0.05, 0) is 30.0 Å². The molecule has 96 valence electrons. The fourth-order valence-electron chi connectivity index (χ4n) is 2.65. The first-order valence-electron chi connectivity index (χ1n) is 6.33. The molecule has 0 spiro atoms. The fourth-order valence-corrected chi connectivity index (χ4v) is 2.65. The monoisotopic (exact) mass is 254 g/mol. The number of nitro benzene ring substituents is 1. The Labute approximate surface area is 111 Å². The third-order valence-electron chi connectivity index (χ3n) is 3.56. The molecule has 0 bridgehead atoms. The molecule has 0 radical (unpaired) electrons. The summed E-state index contributed by atoms with van der Waals surface area (Å²) in [5.74, 6) is 0. The Hall–Kier alpha value is -2.36. The van der Waals surface area contributed by atoms with E-state index in [-0.39, 0.29) is 16.7 Å². The highest BCUT2D eigenvalue weighted by Gasteiger charge is 2.24. The minimum absolute atomic E-state index is 0.131. The van der Waals surface area contributed by atoms with Crippen LogP contribution in [-0.4, -0.2) is 4.92 Å². The Morgan fingerprint density at radius 2 is 1.84 bits per heavy atom. The molecule has 1 unspecified atom stereocenters. The molecule has 0 aliphatic heterocycles. The summed E-state index contributed by atoms with van der Waals surface area (Å²) in [4.78, 5) is 10.7. The highest BCUT2D eigenvalue weighted by molar-refractivity contribution is 5.62. The summed E-state index contributed by atoms with van der Waals surface area (Å²) in [5, 5.41) is 14.3. The number of rotatable bonds is 3. The zero-order valence-corrected chi connectivity index (χ0v) is 10.4. The number of aryl methyl sites for hydroxylation is 1. The Balaban J connectivity index is 1.90. The number of benzene rings is 2. The van der Waals surface area contributed by atoms with Crippen LogP contribution in [0.1, 0.15) is 23.6 Å². The smallest absolute Gasteiger partial charge is 0.292 e. The lowest BCUT2D eigenvalue weighted by Gasteiger charge is -2.15. The lowest BCUT2D eigenvalue weighted by atomic mass is 10.1. The van der Waals surface area contributed by atoms with Crippen molar-refractivity contribution < 1.29 is 4.92 Å². The number of para-hydroxylation sites is 2. The molecule has 0 amide bonds. The molecule has 3 rings (SSSR count). The van der Waals surface area contributed by atoms with Gasteiger partial charge in [0.05, 0.1) is 11.0 Å². The SMILES string of the molecule is O=[N+]([O-])c1ccccc1NC1CCc2ccccc21. The van der Waals surface area contributed by atoms with Crippen LogP contribution in [-0.2, 0) is 6.42 Å². The molecule has 0 saturated carbocycles. The highest BCUT2D eigenvalue weighted by atomic mass is 16.6. The van der Waals surface area contributed by atoms with Gasteiger partial charge in [0.2, 0.25) is 0 Å². The summed E-state index contributed by atoms with van der Waals surface area (Å²) in [6.45, 7) is 0. The maximum Gasteiger partial charge on any atom is 0.292 e. The van der Waals surface area contributed by atoms with Gasteiger partial charge in [0, 0.05) is 6.07 Å². The second-order valence-electron chi connectivity index (χ2n) is 4.71. The normalized spacial score (nSPS) is 16.9. The van der Waals surface area contributed by atoms with Crippen molar-refractivity contribution >= 4 is 11.4 Å². The van der Waals surface area contributed by atoms with E-state index in [0.29, 0.717) is 5.69 Å². The minimum Gasteiger partial charge on any atom is -0.373 e. The molecule has 2 aromatic rings. The van der Waals surface area contributed by atoms with E-state index < -0.39 is 0 Å². The Kier molecular flexibility index (Phi) is 2.91. The number of hydrogen-bond acceptors (Lipinski definition) is 3. The van der Waals surface area contributed by atoms with Crippen LogP contribution >= 0.6 is 0 Å². The lowest BCUT2D eigenvalue weighted by Crippen LogP contribution is -2.08. The lowest BCUT2D eigenvalue weighted by molar-refractivity contribution is -0.384. The number of nitrogens with one attached hydrogen (secondary N) is 1. The van der Waals surface area contributed by atoms with Crippen molar-refractivity contribution in [1.29, 1.82) is 0 Å². The van der Waals surface area contributed by atoms with Crippen LogP contribution in [0.5, 0.6) is 0 Å². The van der Waals surface area contributed by atoms with E-state index in [1.54, 1.807) is 12.1 Å². The summed E-state index contributed by atoms with van der Waals surface area (Å²) in [6, 6.07) is 15.2. The van der Waals surface area contributed by atoms with E-state index in [1.807, 2.05) is 18.2 Å². The van der Waals surface area contributed by atoms with Crippen molar-refractivity contribution in [3.63, 3.8) is 0 Å². The summed E-state index contributed by atoms with van der Waals surface area (Å²) >= 11 is 0. The standard InChI is InChI=1S/C15H14N2O2/c18-17(19)15-8-4-3-7-14(15)16-13-10-9-11-5-1-2-6-12(11)13/h1-8,13,16H,9-10H2. The van der Waals surface area contributed by atoms with Crippen molar-refractivity contribution in [3.05, 3.63) is 69.8 Å². The largest absolute Gasteiger partial charge is 0.373 e. The number of anilines is 1. The molecule has 1 N–H and O–H groups in total. The summed E-state index contributed by atoms with van der Waals surface area (Å²) in [7, 11) is 0. The van der Waals surface area contributed by atoms with E-state index in [2.05, 4.69) is 17.4 Å². The van der Waals surface area contributed by atoms with Gasteiger partial charge in [-0.1, -0.05) is 36.4 Å². The molecule has 0 fully saturated rings. The van der Waals surface area contributed by atoms with Crippen LogP contribution in [0.2, 0.25) is 0 Å². The molecule has 1 aliphatic carbocycles. The molecule has 0 heterocycles. The second kappa shape index (κ2) is 4.72. The molecule has 1 aliphatic rings. The maximum absolute atomic E-state index is 11.0. The molecular formula is C15H14N2O2. The van der Waals surface area contributed by atoms with E-state index in [0.717, 1.165) is 12.8 Å². The van der Waals surface area contributed by atoms with E-state index >= 15 is 0 Å². The molecule has 19 heavy (non-hydrogen) atoms. The maximum atomic E-state index is 11.0. The zero-order chi connectivity index (χ0) is 13.2. The third-order valence-corrected chi connectivity index (χ3v) is 3.56. The van der Waals surface area contributed by atoms with E-state index in [4.69, 9.17) is 0 Å². The van der Waals surface area contributed by atoms with E-state index in [9.17, 15) is 10.1 Å². The van der Waals surface area contributed by atoms with Gasteiger partial charge in [0.25, 0.3) is 5.69 Å². The summed E-state index contributed by atoms with van der Waals surface area (Å²) in [5.41, 5.74) is 3.31. The zero-order valence-electron chi connectivity index (χ0n) is 10.4. The Morgan fingerprint density at radius 3 is 2.68 bits per heavy atom. The van der Waals surface area contributed by atoms with Crippen molar-refractivity contribution in [1.82, 2.24) is 0 Å². The van der Waals surface area contributed by atoms with Gasteiger partial charge in [-0.2, -0.15) is 0 Å². The predicted molar refractivity (Wildman–Crippen MR) is 74.2 cm³/mol. The molecular weight excluding hydrogens is 240 g/mol. The van der Waals surface area contributed by atoms with Gasteiger partial charge >= 0.3 is 0 Å². The van der Waals surface area contributed by atoms with Gasteiger partial charge < -0.3 is 5.32 Å². The third kappa shape index (κ3) is 2.17. The van der Waals surface area contributed by atoms with Gasteiger partial charge in [-0.3, -0.25) is 10.1 Å². The fraction of sp³-hybridized carbons (Fsp3) is 0.200. The van der Waals surface area contributed by atoms with Crippen LogP contribution in [0.3, 0.4) is 0 Å². The summed E-state index contributed by atoms with van der Waals surface area (Å²) < 4.78 is 0. The average Bonchev–Trinajstić information content (AvgIpc) is 2.83. The molecule has 4 heteroatoms. The van der Waals surface area contributed by atoms with Crippen LogP contribution < -0.4 is 5.32 Å². The van der Waals surface area contributed by atoms with Gasteiger partial charge in [-0.15, -0.1) is 0 Å². The quantitative estimate of drug-likeness (QED) is 0.671. The summed E-state index contributed by atoms with van der Waals surface area (Å²) in [6.07, 6.45) is 2.00. The second-order valence-corrected chi connectivity index (χ2v) is 4.71. The number of nitrogens with zero attached hydrogens (tertiary/aromatic N) is 1. The average molecular weight is 254 g/mol. The van der Waals surface area contributed by atoms with Crippen LogP contribution in [0, 0.1) is 10.1 Å².